The van der Waals surface area contributed by atoms with Crippen molar-refractivity contribution in [3.05, 3.63) is 47.8 Å². The third-order valence-electron chi connectivity index (χ3n) is 2.93. The molecule has 0 atom stereocenters. The summed E-state index contributed by atoms with van der Waals surface area (Å²) in [6, 6.07) is 9.35. The molecule has 4 heteroatoms. The lowest BCUT2D eigenvalue weighted by Crippen LogP contribution is -2.03. The van der Waals surface area contributed by atoms with Gasteiger partial charge in [-0.05, 0) is 36.4 Å². The molecule has 1 aromatic carbocycles. The van der Waals surface area contributed by atoms with Crippen molar-refractivity contribution in [2.75, 3.05) is 12.4 Å². The number of fused-ring (bicyclic) bond motifs is 1. The van der Waals surface area contributed by atoms with E-state index in [9.17, 15) is 4.79 Å². The summed E-state index contributed by atoms with van der Waals surface area (Å²) in [5.41, 5.74) is 3.23. The molecule has 0 radical (unpaired) electrons. The Kier molecular flexibility index (Phi) is 2.41. The van der Waals surface area contributed by atoms with E-state index >= 15 is 0 Å². The van der Waals surface area contributed by atoms with Gasteiger partial charge in [0.05, 0.1) is 12.7 Å². The summed E-state index contributed by atoms with van der Waals surface area (Å²) >= 11 is 0. The molecule has 2 heterocycles. The first-order valence-corrected chi connectivity index (χ1v) is 5.63. The maximum absolute atomic E-state index is 11.9. The number of benzene rings is 1. The van der Waals surface area contributed by atoms with Crippen molar-refractivity contribution in [2.45, 2.75) is 0 Å². The summed E-state index contributed by atoms with van der Waals surface area (Å²) in [7, 11) is 1.61. The van der Waals surface area contributed by atoms with Crippen LogP contribution in [0, 0.1) is 0 Å². The van der Waals surface area contributed by atoms with Gasteiger partial charge in [0, 0.05) is 23.1 Å². The van der Waals surface area contributed by atoms with Crippen molar-refractivity contribution in [3.8, 4) is 5.75 Å². The minimum absolute atomic E-state index is 0.0900. The number of aromatic amines is 1. The highest BCUT2D eigenvalue weighted by Crippen LogP contribution is 2.35. The van der Waals surface area contributed by atoms with Crippen LogP contribution in [0.25, 0.3) is 11.6 Å². The number of methoxy groups -OCH3 is 1. The van der Waals surface area contributed by atoms with E-state index in [0.717, 1.165) is 22.7 Å². The molecule has 2 N–H and O–H groups in total. The number of H-pyrrole nitrogens is 1. The van der Waals surface area contributed by atoms with E-state index in [1.807, 2.05) is 42.6 Å². The Morgan fingerprint density at radius 2 is 2.17 bits per heavy atom. The minimum Gasteiger partial charge on any atom is -0.497 e. The molecule has 0 fully saturated rings. The van der Waals surface area contributed by atoms with Crippen molar-refractivity contribution < 1.29 is 9.53 Å². The van der Waals surface area contributed by atoms with Gasteiger partial charge in [0.15, 0.2) is 0 Å². The van der Waals surface area contributed by atoms with Crippen LogP contribution in [0.2, 0.25) is 0 Å². The quantitative estimate of drug-likeness (QED) is 0.792. The van der Waals surface area contributed by atoms with Crippen molar-refractivity contribution in [2.24, 2.45) is 0 Å². The molecule has 1 aromatic heterocycles. The van der Waals surface area contributed by atoms with E-state index in [-0.39, 0.29) is 5.91 Å². The fourth-order valence-electron chi connectivity index (χ4n) is 2.03. The predicted molar refractivity (Wildman–Crippen MR) is 70.3 cm³/mol. The molecule has 3 rings (SSSR count). The van der Waals surface area contributed by atoms with Gasteiger partial charge in [-0.2, -0.15) is 0 Å². The molecule has 1 amide bonds. The highest BCUT2D eigenvalue weighted by Gasteiger charge is 2.24. The number of hydrogen-bond acceptors (Lipinski definition) is 2. The highest BCUT2D eigenvalue weighted by molar-refractivity contribution is 6.34. The highest BCUT2D eigenvalue weighted by atomic mass is 16.5. The third kappa shape index (κ3) is 1.68. The molecule has 1 aliphatic rings. The van der Waals surface area contributed by atoms with Gasteiger partial charge in [0.25, 0.3) is 5.91 Å². The summed E-state index contributed by atoms with van der Waals surface area (Å²) < 4.78 is 5.18. The second kappa shape index (κ2) is 4.07. The Bertz CT molecular complexity index is 627. The topological polar surface area (TPSA) is 54.1 Å². The minimum atomic E-state index is -0.0900. The van der Waals surface area contributed by atoms with E-state index in [1.54, 1.807) is 7.11 Å². The van der Waals surface area contributed by atoms with Gasteiger partial charge in [-0.15, -0.1) is 0 Å². The standard InChI is InChI=1S/C14H12N2O2/c1-18-10-4-5-13-11(8-10)12(14(17)16-13)7-9-3-2-6-15-9/h2-8,15H,1H3,(H,16,17)/b12-7-. The normalized spacial score (nSPS) is 15.6. The number of anilines is 1. The molecule has 90 valence electrons. The average Bonchev–Trinajstić information content (AvgIpc) is 2.99. The molecular weight excluding hydrogens is 228 g/mol. The number of carbonyl (C=O) groups excluding carboxylic acids is 1. The lowest BCUT2D eigenvalue weighted by molar-refractivity contribution is -0.110. The van der Waals surface area contributed by atoms with Crippen molar-refractivity contribution in [1.29, 1.82) is 0 Å². The molecule has 4 nitrogen and oxygen atoms in total. The van der Waals surface area contributed by atoms with Crippen LogP contribution in [0.1, 0.15) is 11.3 Å². The molecule has 0 saturated carbocycles. The number of amides is 1. The van der Waals surface area contributed by atoms with E-state index in [1.165, 1.54) is 0 Å². The van der Waals surface area contributed by atoms with Crippen LogP contribution in [0.5, 0.6) is 5.75 Å². The first-order valence-electron chi connectivity index (χ1n) is 5.63. The zero-order chi connectivity index (χ0) is 12.5. The molecule has 0 spiro atoms. The third-order valence-corrected chi connectivity index (χ3v) is 2.93. The van der Waals surface area contributed by atoms with Gasteiger partial charge in [0.2, 0.25) is 0 Å². The number of carbonyl (C=O) groups is 1. The number of hydrogen-bond donors (Lipinski definition) is 2. The van der Waals surface area contributed by atoms with Crippen LogP contribution >= 0.6 is 0 Å². The maximum atomic E-state index is 11.9. The lowest BCUT2D eigenvalue weighted by atomic mass is 10.1. The average molecular weight is 240 g/mol. The molecule has 0 saturated heterocycles. The van der Waals surface area contributed by atoms with Gasteiger partial charge in [-0.25, -0.2) is 0 Å². The first kappa shape index (κ1) is 10.7. The Balaban J connectivity index is 2.10. The molecule has 0 aliphatic carbocycles. The number of nitrogens with one attached hydrogen (secondary N) is 2. The van der Waals surface area contributed by atoms with E-state index in [0.29, 0.717) is 5.57 Å². The number of aromatic nitrogens is 1. The van der Waals surface area contributed by atoms with Crippen molar-refractivity contribution in [1.82, 2.24) is 4.98 Å². The zero-order valence-electron chi connectivity index (χ0n) is 9.86. The van der Waals surface area contributed by atoms with Crippen LogP contribution in [0.15, 0.2) is 36.5 Å². The smallest absolute Gasteiger partial charge is 0.256 e. The fourth-order valence-corrected chi connectivity index (χ4v) is 2.03. The van der Waals surface area contributed by atoms with Gasteiger partial charge < -0.3 is 15.0 Å². The van der Waals surface area contributed by atoms with Crippen molar-refractivity contribution in [3.63, 3.8) is 0 Å². The monoisotopic (exact) mass is 240 g/mol. The van der Waals surface area contributed by atoms with Crippen LogP contribution in [-0.2, 0) is 4.79 Å². The zero-order valence-corrected chi connectivity index (χ0v) is 9.86. The molecule has 1 aliphatic heterocycles. The SMILES string of the molecule is COc1ccc2c(c1)/C(=C/c1ccc[nH]1)C(=O)N2. The lowest BCUT2D eigenvalue weighted by Gasteiger charge is -2.02. The summed E-state index contributed by atoms with van der Waals surface area (Å²) in [4.78, 5) is 15.0. The van der Waals surface area contributed by atoms with Gasteiger partial charge in [0.1, 0.15) is 5.75 Å². The molecular formula is C14H12N2O2. The van der Waals surface area contributed by atoms with E-state index < -0.39 is 0 Å². The summed E-state index contributed by atoms with van der Waals surface area (Å²) in [5.74, 6) is 0.649. The Morgan fingerprint density at radius 3 is 2.89 bits per heavy atom. The first-order chi connectivity index (χ1) is 8.78. The second-order valence-corrected chi connectivity index (χ2v) is 4.05. The van der Waals surface area contributed by atoms with E-state index in [2.05, 4.69) is 10.3 Å². The predicted octanol–water partition coefficient (Wildman–Crippen LogP) is 2.52. The fraction of sp³-hybridized carbons (Fsp3) is 0.0714. The molecule has 2 aromatic rings. The van der Waals surface area contributed by atoms with Crippen LogP contribution in [0.4, 0.5) is 5.69 Å². The largest absolute Gasteiger partial charge is 0.497 e. The van der Waals surface area contributed by atoms with Crippen LogP contribution < -0.4 is 10.1 Å². The van der Waals surface area contributed by atoms with E-state index in [4.69, 9.17) is 4.74 Å². The summed E-state index contributed by atoms with van der Waals surface area (Å²) in [6.07, 6.45) is 3.66. The Labute approximate surface area is 104 Å². The molecule has 18 heavy (non-hydrogen) atoms. The van der Waals surface area contributed by atoms with Gasteiger partial charge in [-0.3, -0.25) is 4.79 Å². The number of rotatable bonds is 2. The summed E-state index contributed by atoms with van der Waals surface area (Å²) in [6.45, 7) is 0. The Hall–Kier alpha value is -2.49. The van der Waals surface area contributed by atoms with Gasteiger partial charge in [-0.1, -0.05) is 0 Å². The Morgan fingerprint density at radius 1 is 1.28 bits per heavy atom. The van der Waals surface area contributed by atoms with Gasteiger partial charge >= 0.3 is 0 Å². The number of ether oxygens (including phenoxy) is 1. The second-order valence-electron chi connectivity index (χ2n) is 4.05. The maximum Gasteiger partial charge on any atom is 0.256 e. The van der Waals surface area contributed by atoms with Crippen molar-refractivity contribution >= 4 is 23.2 Å². The van der Waals surface area contributed by atoms with Crippen LogP contribution in [0.3, 0.4) is 0 Å². The molecule has 0 unspecified atom stereocenters. The summed E-state index contributed by atoms with van der Waals surface area (Å²) in [5, 5.41) is 2.83. The molecule has 0 bridgehead atoms. The van der Waals surface area contributed by atoms with Crippen LogP contribution in [-0.4, -0.2) is 18.0 Å².